The Balaban J connectivity index is 2.22. The summed E-state index contributed by atoms with van der Waals surface area (Å²) >= 11 is 12.0. The number of hydrogen-bond donors (Lipinski definition) is 1. The van der Waals surface area contributed by atoms with E-state index in [9.17, 15) is 8.42 Å². The minimum absolute atomic E-state index is 0.201. The summed E-state index contributed by atoms with van der Waals surface area (Å²) < 4.78 is 33.4. The molecule has 0 heterocycles. The maximum atomic E-state index is 12.7. The van der Waals surface area contributed by atoms with E-state index in [0.29, 0.717) is 27.9 Å². The molecule has 1 atom stereocenters. The first-order chi connectivity index (χ1) is 12.2. The molecule has 2 aromatic rings. The molecule has 0 aromatic heterocycles. The highest BCUT2D eigenvalue weighted by Gasteiger charge is 2.22. The second kappa shape index (κ2) is 9.09. The Labute approximate surface area is 165 Å². The van der Waals surface area contributed by atoms with Gasteiger partial charge in [0.25, 0.3) is 0 Å². The van der Waals surface area contributed by atoms with Crippen LogP contribution in [0.1, 0.15) is 37.4 Å². The second-order valence-corrected chi connectivity index (χ2v) is 9.17. The van der Waals surface area contributed by atoms with Crippen LogP contribution in [-0.2, 0) is 15.8 Å². The normalized spacial score (nSPS) is 13.0. The lowest BCUT2D eigenvalue weighted by Gasteiger charge is -2.21. The lowest BCUT2D eigenvalue weighted by molar-refractivity contribution is 0.414. The summed E-state index contributed by atoms with van der Waals surface area (Å²) in [6.45, 7) is 4.11. The topological polar surface area (TPSA) is 55.4 Å². The van der Waals surface area contributed by atoms with E-state index in [-0.39, 0.29) is 11.8 Å². The van der Waals surface area contributed by atoms with Crippen LogP contribution in [0.15, 0.2) is 42.5 Å². The average molecular weight is 416 g/mol. The van der Waals surface area contributed by atoms with Crippen molar-refractivity contribution in [2.24, 2.45) is 5.92 Å². The molecule has 26 heavy (non-hydrogen) atoms. The molecule has 0 amide bonds. The van der Waals surface area contributed by atoms with Crippen molar-refractivity contribution in [2.75, 3.05) is 7.11 Å². The molecule has 0 bridgehead atoms. The fourth-order valence-electron chi connectivity index (χ4n) is 2.66. The number of nitrogens with one attached hydrogen (secondary N) is 1. The summed E-state index contributed by atoms with van der Waals surface area (Å²) in [4.78, 5) is 0. The molecule has 0 aliphatic carbocycles. The van der Waals surface area contributed by atoms with Crippen LogP contribution in [0, 0.1) is 5.92 Å². The predicted octanol–water partition coefficient (Wildman–Crippen LogP) is 5.21. The van der Waals surface area contributed by atoms with Crippen LogP contribution in [0.5, 0.6) is 5.75 Å². The number of halogens is 2. The van der Waals surface area contributed by atoms with Crippen molar-refractivity contribution in [1.29, 1.82) is 0 Å². The molecule has 142 valence electrons. The van der Waals surface area contributed by atoms with Gasteiger partial charge < -0.3 is 4.74 Å². The molecule has 0 aliphatic rings. The van der Waals surface area contributed by atoms with Crippen molar-refractivity contribution in [3.05, 3.63) is 63.6 Å². The Morgan fingerprint density at radius 1 is 1.08 bits per heavy atom. The van der Waals surface area contributed by atoms with Crippen LogP contribution in [0.4, 0.5) is 0 Å². The largest absolute Gasteiger partial charge is 0.497 e. The SMILES string of the molecule is COc1ccc(C(CC(C)C)NS(=O)(=O)Cc2ccc(Cl)cc2Cl)cc1. The van der Waals surface area contributed by atoms with Crippen molar-refractivity contribution >= 4 is 33.2 Å². The zero-order valence-corrected chi connectivity index (χ0v) is 17.3. The van der Waals surface area contributed by atoms with Crippen LogP contribution < -0.4 is 9.46 Å². The Bertz CT molecular complexity index is 836. The average Bonchev–Trinajstić information content (AvgIpc) is 2.56. The summed E-state index contributed by atoms with van der Waals surface area (Å²) in [5.74, 6) is 0.852. The molecule has 2 rings (SSSR count). The zero-order valence-electron chi connectivity index (χ0n) is 15.0. The predicted molar refractivity (Wildman–Crippen MR) is 107 cm³/mol. The van der Waals surface area contributed by atoms with E-state index in [1.165, 1.54) is 0 Å². The molecule has 4 nitrogen and oxygen atoms in total. The number of hydrogen-bond acceptors (Lipinski definition) is 3. The maximum Gasteiger partial charge on any atom is 0.216 e. The lowest BCUT2D eigenvalue weighted by atomic mass is 9.98. The Hall–Kier alpha value is -1.27. The van der Waals surface area contributed by atoms with Crippen molar-refractivity contribution in [2.45, 2.75) is 32.1 Å². The first kappa shape index (κ1) is 21.0. The summed E-state index contributed by atoms with van der Waals surface area (Å²) in [5, 5.41) is 0.813. The number of sulfonamides is 1. The van der Waals surface area contributed by atoms with Gasteiger partial charge in [0.05, 0.1) is 12.9 Å². The monoisotopic (exact) mass is 415 g/mol. The van der Waals surface area contributed by atoms with Gasteiger partial charge >= 0.3 is 0 Å². The van der Waals surface area contributed by atoms with E-state index < -0.39 is 10.0 Å². The molecular formula is C19H23Cl2NO3S. The molecule has 1 N–H and O–H groups in total. The third-order valence-electron chi connectivity index (χ3n) is 3.91. The summed E-state index contributed by atoms with van der Waals surface area (Å²) in [6.07, 6.45) is 0.680. The Kier molecular flexibility index (Phi) is 7.35. The number of ether oxygens (including phenoxy) is 1. The number of rotatable bonds is 8. The van der Waals surface area contributed by atoms with Gasteiger partial charge in [0.1, 0.15) is 5.75 Å². The molecule has 2 aromatic carbocycles. The van der Waals surface area contributed by atoms with Crippen molar-refractivity contribution in [1.82, 2.24) is 4.72 Å². The smallest absolute Gasteiger partial charge is 0.216 e. The van der Waals surface area contributed by atoms with Crippen molar-refractivity contribution < 1.29 is 13.2 Å². The molecule has 0 saturated carbocycles. The molecule has 0 saturated heterocycles. The fraction of sp³-hybridized carbons (Fsp3) is 0.368. The van der Waals surface area contributed by atoms with Crippen LogP contribution in [-0.4, -0.2) is 15.5 Å². The van der Waals surface area contributed by atoms with Gasteiger partial charge in [-0.05, 0) is 47.7 Å². The standard InChI is InChI=1S/C19H23Cl2NO3S/c1-13(2)10-19(14-5-8-17(25-3)9-6-14)22-26(23,24)12-15-4-7-16(20)11-18(15)21/h4-9,11,13,19,22H,10,12H2,1-3H3. The van der Waals surface area contributed by atoms with Gasteiger partial charge in [-0.25, -0.2) is 13.1 Å². The number of benzene rings is 2. The van der Waals surface area contributed by atoms with Gasteiger partial charge in [-0.1, -0.05) is 55.2 Å². The van der Waals surface area contributed by atoms with E-state index in [2.05, 4.69) is 18.6 Å². The Morgan fingerprint density at radius 3 is 2.27 bits per heavy atom. The van der Waals surface area contributed by atoms with Gasteiger partial charge in [0.2, 0.25) is 10.0 Å². The maximum absolute atomic E-state index is 12.7. The molecule has 0 spiro atoms. The van der Waals surface area contributed by atoms with E-state index in [1.54, 1.807) is 25.3 Å². The van der Waals surface area contributed by atoms with Crippen LogP contribution in [0.25, 0.3) is 0 Å². The number of methoxy groups -OCH3 is 1. The van der Waals surface area contributed by atoms with Gasteiger partial charge in [0, 0.05) is 16.1 Å². The molecule has 0 radical (unpaired) electrons. The van der Waals surface area contributed by atoms with E-state index in [4.69, 9.17) is 27.9 Å². The highest BCUT2D eigenvalue weighted by molar-refractivity contribution is 7.88. The van der Waals surface area contributed by atoms with Crippen LogP contribution >= 0.6 is 23.2 Å². The first-order valence-electron chi connectivity index (χ1n) is 8.28. The van der Waals surface area contributed by atoms with E-state index in [1.807, 2.05) is 24.3 Å². The molecule has 7 heteroatoms. The highest BCUT2D eigenvalue weighted by atomic mass is 35.5. The van der Waals surface area contributed by atoms with Gasteiger partial charge in [0.15, 0.2) is 0 Å². The first-order valence-corrected chi connectivity index (χ1v) is 10.7. The quantitative estimate of drug-likeness (QED) is 0.643. The van der Waals surface area contributed by atoms with Gasteiger partial charge in [-0.2, -0.15) is 0 Å². The van der Waals surface area contributed by atoms with E-state index in [0.717, 1.165) is 11.3 Å². The molecule has 1 unspecified atom stereocenters. The summed E-state index contributed by atoms with van der Waals surface area (Å²) in [6, 6.07) is 11.9. The zero-order chi connectivity index (χ0) is 19.3. The summed E-state index contributed by atoms with van der Waals surface area (Å²) in [7, 11) is -1.99. The minimum atomic E-state index is -3.59. The fourth-order valence-corrected chi connectivity index (χ4v) is 4.63. The highest BCUT2D eigenvalue weighted by Crippen LogP contribution is 2.27. The van der Waals surface area contributed by atoms with Crippen LogP contribution in [0.3, 0.4) is 0 Å². The van der Waals surface area contributed by atoms with Gasteiger partial charge in [-0.3, -0.25) is 0 Å². The second-order valence-electron chi connectivity index (χ2n) is 6.57. The minimum Gasteiger partial charge on any atom is -0.497 e. The molecular weight excluding hydrogens is 393 g/mol. The molecule has 0 fully saturated rings. The lowest BCUT2D eigenvalue weighted by Crippen LogP contribution is -2.30. The Morgan fingerprint density at radius 2 is 1.73 bits per heavy atom. The molecule has 0 aliphatic heterocycles. The third kappa shape index (κ3) is 6.16. The summed E-state index contributed by atoms with van der Waals surface area (Å²) in [5.41, 5.74) is 1.41. The van der Waals surface area contributed by atoms with Crippen LogP contribution in [0.2, 0.25) is 10.0 Å². The van der Waals surface area contributed by atoms with Crippen molar-refractivity contribution in [3.8, 4) is 5.75 Å². The van der Waals surface area contributed by atoms with Crippen molar-refractivity contribution in [3.63, 3.8) is 0 Å². The third-order valence-corrected chi connectivity index (χ3v) is 5.83. The van der Waals surface area contributed by atoms with E-state index >= 15 is 0 Å². The van der Waals surface area contributed by atoms with Gasteiger partial charge in [-0.15, -0.1) is 0 Å².